The molecule has 1 unspecified atom stereocenters. The number of hydrogen-bond acceptors (Lipinski definition) is 3. The van der Waals surface area contributed by atoms with Gasteiger partial charge in [0.1, 0.15) is 0 Å². The van der Waals surface area contributed by atoms with Gasteiger partial charge in [-0.3, -0.25) is 8.43 Å². The van der Waals surface area contributed by atoms with Crippen molar-refractivity contribution < 1.29 is 5.11 Å². The Hall–Kier alpha value is 0.610. The lowest BCUT2D eigenvalue weighted by Crippen LogP contribution is -2.28. The molecule has 0 aliphatic carbocycles. The zero-order chi connectivity index (χ0) is 7.40. The molecule has 0 aromatic rings. The highest BCUT2D eigenvalue weighted by atomic mass is 127. The van der Waals surface area contributed by atoms with Crippen molar-refractivity contribution in [3.8, 4) is 0 Å². The maximum Gasteiger partial charge on any atom is 0.0679 e. The third-order valence-corrected chi connectivity index (χ3v) is 2.31. The van der Waals surface area contributed by atoms with Gasteiger partial charge in [-0.2, -0.15) is 0 Å². The van der Waals surface area contributed by atoms with Crippen LogP contribution in [0.2, 0.25) is 0 Å². The first kappa shape index (κ1) is 8.70. The molecule has 1 rings (SSSR count). The van der Waals surface area contributed by atoms with E-state index in [4.69, 9.17) is 5.11 Å². The molecule has 0 aromatic carbocycles. The Morgan fingerprint density at radius 3 is 3.00 bits per heavy atom. The van der Waals surface area contributed by atoms with Crippen LogP contribution >= 0.6 is 22.9 Å². The number of nitrogens with zero attached hydrogens (tertiary/aromatic N) is 1. The fraction of sp³-hybridized carbons (Fsp3) is 1.00. The molecule has 60 valence electrons. The van der Waals surface area contributed by atoms with Gasteiger partial charge in [0, 0.05) is 49.0 Å². The minimum atomic E-state index is -0.0748. The van der Waals surface area contributed by atoms with Gasteiger partial charge in [0.2, 0.25) is 0 Å². The fourth-order valence-corrected chi connectivity index (χ4v) is 1.46. The van der Waals surface area contributed by atoms with Crippen LogP contribution in [0.5, 0.6) is 0 Å². The Kier molecular flexibility index (Phi) is 3.90. The lowest BCUT2D eigenvalue weighted by molar-refractivity contribution is 0.177. The molecule has 1 saturated heterocycles. The number of rotatable bonds is 3. The average Bonchev–Trinajstić information content (AvgIpc) is 2.31. The molecule has 0 spiro atoms. The van der Waals surface area contributed by atoms with Gasteiger partial charge in [-0.25, -0.2) is 0 Å². The largest absolute Gasteiger partial charge is 0.392 e. The first-order chi connectivity index (χ1) is 4.83. The topological polar surface area (TPSA) is 35.5 Å². The van der Waals surface area contributed by atoms with E-state index in [1.165, 1.54) is 0 Å². The number of hydrogen-bond donors (Lipinski definition) is 2. The molecule has 2 N–H and O–H groups in total. The molecule has 1 aliphatic rings. The van der Waals surface area contributed by atoms with Gasteiger partial charge in [-0.05, 0) is 6.42 Å². The minimum absolute atomic E-state index is 0.0748. The molecular formula is C6H13IN2O. The molecule has 0 saturated carbocycles. The van der Waals surface area contributed by atoms with Crippen molar-refractivity contribution in [2.45, 2.75) is 12.5 Å². The predicted molar refractivity (Wildman–Crippen MR) is 49.1 cm³/mol. The SMILES string of the molecule is OC1CCN(CCNI)C1. The van der Waals surface area contributed by atoms with E-state index in [0.717, 1.165) is 32.6 Å². The van der Waals surface area contributed by atoms with Crippen LogP contribution in [-0.2, 0) is 0 Å². The normalized spacial score (nSPS) is 27.6. The first-order valence-corrected chi connectivity index (χ1v) is 4.64. The van der Waals surface area contributed by atoms with Gasteiger partial charge in [-0.15, -0.1) is 0 Å². The van der Waals surface area contributed by atoms with Crippen molar-refractivity contribution in [3.63, 3.8) is 0 Å². The molecule has 3 nitrogen and oxygen atoms in total. The molecule has 1 atom stereocenters. The molecule has 1 aliphatic heterocycles. The van der Waals surface area contributed by atoms with Crippen molar-refractivity contribution in [2.24, 2.45) is 0 Å². The van der Waals surface area contributed by atoms with E-state index >= 15 is 0 Å². The Labute approximate surface area is 75.3 Å². The van der Waals surface area contributed by atoms with Crippen molar-refractivity contribution >= 4 is 22.9 Å². The highest BCUT2D eigenvalue weighted by Crippen LogP contribution is 2.06. The van der Waals surface area contributed by atoms with Crippen molar-refractivity contribution in [2.75, 3.05) is 26.2 Å². The summed E-state index contributed by atoms with van der Waals surface area (Å²) in [6, 6.07) is 0. The third kappa shape index (κ3) is 2.69. The van der Waals surface area contributed by atoms with Crippen LogP contribution in [0.4, 0.5) is 0 Å². The van der Waals surface area contributed by atoms with E-state index in [-0.39, 0.29) is 6.10 Å². The lowest BCUT2D eigenvalue weighted by atomic mass is 10.3. The maximum atomic E-state index is 9.13. The van der Waals surface area contributed by atoms with Crippen LogP contribution in [0, 0.1) is 0 Å². The van der Waals surface area contributed by atoms with Crippen LogP contribution in [0.3, 0.4) is 0 Å². The molecule has 1 heterocycles. The number of aliphatic hydroxyl groups is 1. The summed E-state index contributed by atoms with van der Waals surface area (Å²) in [5, 5.41) is 9.13. The molecular weight excluding hydrogens is 243 g/mol. The van der Waals surface area contributed by atoms with E-state index in [1.807, 2.05) is 0 Å². The number of β-amino-alcohol motifs (C(OH)–C–C–N with tert-alkyl or cyclic N) is 1. The Balaban J connectivity index is 2.06. The summed E-state index contributed by atoms with van der Waals surface area (Å²) in [5.74, 6) is 0. The van der Waals surface area contributed by atoms with Gasteiger partial charge < -0.3 is 5.11 Å². The van der Waals surface area contributed by atoms with E-state index in [1.54, 1.807) is 0 Å². The highest BCUT2D eigenvalue weighted by molar-refractivity contribution is 14.1. The number of halogens is 1. The Morgan fingerprint density at radius 1 is 1.70 bits per heavy atom. The van der Waals surface area contributed by atoms with Crippen LogP contribution < -0.4 is 3.53 Å². The average molecular weight is 256 g/mol. The van der Waals surface area contributed by atoms with Gasteiger partial charge in [-0.1, -0.05) is 0 Å². The quantitative estimate of drug-likeness (QED) is 0.551. The summed E-state index contributed by atoms with van der Waals surface area (Å²) < 4.78 is 3.06. The smallest absolute Gasteiger partial charge is 0.0679 e. The molecule has 0 bridgehead atoms. The number of aliphatic hydroxyl groups excluding tert-OH is 1. The van der Waals surface area contributed by atoms with E-state index in [0.29, 0.717) is 0 Å². The van der Waals surface area contributed by atoms with Gasteiger partial charge >= 0.3 is 0 Å². The number of likely N-dealkylation sites (tertiary alicyclic amines) is 1. The molecule has 0 amide bonds. The van der Waals surface area contributed by atoms with Crippen LogP contribution in [0.15, 0.2) is 0 Å². The zero-order valence-electron chi connectivity index (χ0n) is 5.89. The Bertz CT molecular complexity index is 102. The third-order valence-electron chi connectivity index (χ3n) is 1.77. The predicted octanol–water partition coefficient (Wildman–Crippen LogP) is -0.00740. The molecule has 0 aromatic heterocycles. The van der Waals surface area contributed by atoms with Gasteiger partial charge in [0.25, 0.3) is 0 Å². The number of nitrogens with one attached hydrogen (secondary N) is 1. The van der Waals surface area contributed by atoms with E-state index < -0.39 is 0 Å². The summed E-state index contributed by atoms with van der Waals surface area (Å²) in [6.07, 6.45) is 0.871. The van der Waals surface area contributed by atoms with Crippen LogP contribution in [-0.4, -0.2) is 42.3 Å². The van der Waals surface area contributed by atoms with Gasteiger partial charge in [0.05, 0.1) is 6.10 Å². The molecule has 10 heavy (non-hydrogen) atoms. The Morgan fingerprint density at radius 2 is 2.50 bits per heavy atom. The monoisotopic (exact) mass is 256 g/mol. The summed E-state index contributed by atoms with van der Waals surface area (Å²) in [5.41, 5.74) is 0. The second-order valence-corrected chi connectivity index (χ2v) is 3.39. The van der Waals surface area contributed by atoms with E-state index in [2.05, 4.69) is 31.3 Å². The maximum absolute atomic E-state index is 9.13. The standard InChI is InChI=1S/C6H13IN2O/c7-8-2-4-9-3-1-6(10)5-9/h6,8,10H,1-5H2. The van der Waals surface area contributed by atoms with Crippen LogP contribution in [0.25, 0.3) is 0 Å². The highest BCUT2D eigenvalue weighted by Gasteiger charge is 2.18. The van der Waals surface area contributed by atoms with Gasteiger partial charge in [0.15, 0.2) is 0 Å². The fourth-order valence-electron chi connectivity index (χ4n) is 1.22. The minimum Gasteiger partial charge on any atom is -0.392 e. The van der Waals surface area contributed by atoms with E-state index in [9.17, 15) is 0 Å². The summed E-state index contributed by atoms with van der Waals surface area (Å²) in [4.78, 5) is 2.27. The zero-order valence-corrected chi connectivity index (χ0v) is 8.04. The van der Waals surface area contributed by atoms with Crippen molar-refractivity contribution in [3.05, 3.63) is 0 Å². The lowest BCUT2D eigenvalue weighted by Gasteiger charge is -2.12. The summed E-state index contributed by atoms with van der Waals surface area (Å²) in [6.45, 7) is 3.98. The second-order valence-electron chi connectivity index (χ2n) is 2.63. The van der Waals surface area contributed by atoms with Crippen LogP contribution in [0.1, 0.15) is 6.42 Å². The summed E-state index contributed by atoms with van der Waals surface area (Å²) >= 11 is 2.14. The first-order valence-electron chi connectivity index (χ1n) is 3.57. The summed E-state index contributed by atoms with van der Waals surface area (Å²) in [7, 11) is 0. The van der Waals surface area contributed by atoms with Crippen molar-refractivity contribution in [1.82, 2.24) is 8.43 Å². The van der Waals surface area contributed by atoms with Crippen molar-refractivity contribution in [1.29, 1.82) is 0 Å². The molecule has 4 heteroatoms. The second kappa shape index (κ2) is 4.48. The molecule has 0 radical (unpaired) electrons. The molecule has 1 fully saturated rings.